The predicted molar refractivity (Wildman–Crippen MR) is 87.8 cm³/mol. The van der Waals surface area contributed by atoms with Gasteiger partial charge in [0.1, 0.15) is 5.60 Å². The number of carbonyl (C=O) groups is 2. The molecule has 1 aromatic rings. The van der Waals surface area contributed by atoms with Gasteiger partial charge in [0.25, 0.3) is 5.91 Å². The molecule has 128 valence electrons. The van der Waals surface area contributed by atoms with Crippen molar-refractivity contribution in [2.45, 2.75) is 38.7 Å². The van der Waals surface area contributed by atoms with Gasteiger partial charge in [0, 0.05) is 13.6 Å². The summed E-state index contributed by atoms with van der Waals surface area (Å²) >= 11 is 0. The maximum atomic E-state index is 12.4. The molecule has 0 saturated heterocycles. The molecule has 1 aromatic carbocycles. The van der Waals surface area contributed by atoms with Crippen molar-refractivity contribution in [1.29, 1.82) is 0 Å². The number of benzene rings is 1. The molecule has 6 nitrogen and oxygen atoms in total. The van der Waals surface area contributed by atoms with E-state index in [4.69, 9.17) is 9.57 Å². The number of rotatable bonds is 6. The second-order valence-corrected chi connectivity index (χ2v) is 6.20. The molecule has 23 heavy (non-hydrogen) atoms. The van der Waals surface area contributed by atoms with Crippen LogP contribution in [0, 0.1) is 0 Å². The second-order valence-electron chi connectivity index (χ2n) is 6.20. The third-order valence-corrected chi connectivity index (χ3v) is 3.19. The van der Waals surface area contributed by atoms with Crippen LogP contribution in [-0.2, 0) is 14.4 Å². The maximum absolute atomic E-state index is 12.4. The molecule has 0 unspecified atom stereocenters. The highest BCUT2D eigenvalue weighted by Crippen LogP contribution is 2.21. The Labute approximate surface area is 137 Å². The summed E-state index contributed by atoms with van der Waals surface area (Å²) in [7, 11) is 3.01. The molecule has 2 amide bonds. The van der Waals surface area contributed by atoms with Crippen LogP contribution in [0.25, 0.3) is 0 Å². The summed E-state index contributed by atoms with van der Waals surface area (Å²) in [5.41, 5.74) is 0.335. The fourth-order valence-corrected chi connectivity index (χ4v) is 2.06. The van der Waals surface area contributed by atoms with Gasteiger partial charge < -0.3 is 10.1 Å². The first kappa shape index (κ1) is 19.0. The minimum Gasteiger partial charge on any atom is -0.444 e. The molecule has 0 bridgehead atoms. The summed E-state index contributed by atoms with van der Waals surface area (Å²) in [5, 5.41) is 3.88. The van der Waals surface area contributed by atoms with Crippen LogP contribution in [0.4, 0.5) is 4.79 Å². The highest BCUT2D eigenvalue weighted by atomic mass is 16.7. The largest absolute Gasteiger partial charge is 0.444 e. The van der Waals surface area contributed by atoms with Crippen molar-refractivity contribution in [2.24, 2.45) is 0 Å². The van der Waals surface area contributed by atoms with Crippen molar-refractivity contribution in [2.75, 3.05) is 20.7 Å². The Hall–Kier alpha value is -2.08. The fourth-order valence-electron chi connectivity index (χ4n) is 2.06. The molecule has 0 fully saturated rings. The molecule has 0 saturated carbocycles. The van der Waals surface area contributed by atoms with Gasteiger partial charge in [0.2, 0.25) is 0 Å². The number of amides is 2. The quantitative estimate of drug-likeness (QED) is 0.818. The predicted octanol–water partition coefficient (Wildman–Crippen LogP) is 2.70. The van der Waals surface area contributed by atoms with E-state index < -0.39 is 17.6 Å². The van der Waals surface area contributed by atoms with Crippen LogP contribution in [0.1, 0.15) is 38.7 Å². The lowest BCUT2D eigenvalue weighted by Crippen LogP contribution is -2.36. The third-order valence-electron chi connectivity index (χ3n) is 3.19. The molecule has 0 radical (unpaired) electrons. The normalized spacial score (nSPS) is 12.4. The summed E-state index contributed by atoms with van der Waals surface area (Å²) < 4.78 is 5.18. The highest BCUT2D eigenvalue weighted by Gasteiger charge is 2.24. The Morgan fingerprint density at radius 1 is 1.22 bits per heavy atom. The van der Waals surface area contributed by atoms with Crippen molar-refractivity contribution in [3.8, 4) is 0 Å². The number of carbonyl (C=O) groups excluding carboxylic acids is 2. The Bertz CT molecular complexity index is 511. The van der Waals surface area contributed by atoms with Gasteiger partial charge in [-0.05, 0) is 32.8 Å². The minimum absolute atomic E-state index is 0.162. The maximum Gasteiger partial charge on any atom is 0.407 e. The van der Waals surface area contributed by atoms with Crippen LogP contribution in [0.15, 0.2) is 30.3 Å². The molecule has 0 aliphatic carbocycles. The van der Waals surface area contributed by atoms with Gasteiger partial charge in [-0.3, -0.25) is 9.63 Å². The molecule has 1 atom stereocenters. The van der Waals surface area contributed by atoms with E-state index in [1.54, 1.807) is 27.8 Å². The van der Waals surface area contributed by atoms with Crippen molar-refractivity contribution in [1.82, 2.24) is 10.4 Å². The van der Waals surface area contributed by atoms with Crippen LogP contribution in [0.5, 0.6) is 0 Å². The standard InChI is InChI=1S/C17H26N2O4/c1-17(2,3)23-16(21)18-12-11-14(15(20)19(4)22-5)13-9-7-6-8-10-13/h6-10,14H,11-12H2,1-5H3,(H,18,21)/t14-/m0/s1. The second kappa shape index (κ2) is 8.53. The first-order chi connectivity index (χ1) is 10.7. The molecular weight excluding hydrogens is 296 g/mol. The van der Waals surface area contributed by atoms with E-state index in [9.17, 15) is 9.59 Å². The Morgan fingerprint density at radius 3 is 2.35 bits per heavy atom. The Balaban J connectivity index is 2.68. The average molecular weight is 322 g/mol. The molecule has 6 heteroatoms. The molecule has 1 rings (SSSR count). The van der Waals surface area contributed by atoms with E-state index >= 15 is 0 Å². The molecular formula is C17H26N2O4. The van der Waals surface area contributed by atoms with Gasteiger partial charge in [0.05, 0.1) is 13.0 Å². The highest BCUT2D eigenvalue weighted by molar-refractivity contribution is 5.82. The summed E-state index contributed by atoms with van der Waals surface area (Å²) in [6.45, 7) is 5.74. The van der Waals surface area contributed by atoms with Crippen molar-refractivity contribution >= 4 is 12.0 Å². The lowest BCUT2D eigenvalue weighted by atomic mass is 9.95. The zero-order valence-electron chi connectivity index (χ0n) is 14.5. The summed E-state index contributed by atoms with van der Waals surface area (Å²) in [4.78, 5) is 29.1. The molecule has 0 spiro atoms. The number of ether oxygens (including phenoxy) is 1. The van der Waals surface area contributed by atoms with Gasteiger partial charge in [0.15, 0.2) is 0 Å². The van der Waals surface area contributed by atoms with Crippen LogP contribution in [0.3, 0.4) is 0 Å². The Morgan fingerprint density at radius 2 is 1.83 bits per heavy atom. The van der Waals surface area contributed by atoms with Crippen LogP contribution < -0.4 is 5.32 Å². The zero-order chi connectivity index (χ0) is 17.5. The SMILES string of the molecule is CON(C)C(=O)[C@@H](CCNC(=O)OC(C)(C)C)c1ccccc1. The van der Waals surface area contributed by atoms with E-state index in [1.807, 2.05) is 30.3 Å². The number of nitrogens with one attached hydrogen (secondary N) is 1. The van der Waals surface area contributed by atoms with E-state index in [0.29, 0.717) is 13.0 Å². The monoisotopic (exact) mass is 322 g/mol. The number of hydrogen-bond acceptors (Lipinski definition) is 4. The average Bonchev–Trinajstić information content (AvgIpc) is 2.49. The first-order valence-electron chi connectivity index (χ1n) is 7.58. The van der Waals surface area contributed by atoms with Crippen molar-refractivity contribution in [3.63, 3.8) is 0 Å². The fraction of sp³-hybridized carbons (Fsp3) is 0.529. The first-order valence-corrected chi connectivity index (χ1v) is 7.58. The summed E-state index contributed by atoms with van der Waals surface area (Å²) in [6.07, 6.45) is -0.0349. The van der Waals surface area contributed by atoms with Gasteiger partial charge in [-0.15, -0.1) is 0 Å². The van der Waals surface area contributed by atoms with E-state index in [-0.39, 0.29) is 5.91 Å². The van der Waals surface area contributed by atoms with Crippen molar-refractivity contribution in [3.05, 3.63) is 35.9 Å². The van der Waals surface area contributed by atoms with Crippen molar-refractivity contribution < 1.29 is 19.2 Å². The smallest absolute Gasteiger partial charge is 0.407 e. The topological polar surface area (TPSA) is 67.9 Å². The van der Waals surface area contributed by atoms with Gasteiger partial charge >= 0.3 is 6.09 Å². The van der Waals surface area contributed by atoms with E-state index in [0.717, 1.165) is 5.56 Å². The third kappa shape index (κ3) is 6.69. The lowest BCUT2D eigenvalue weighted by molar-refractivity contribution is -0.170. The number of likely N-dealkylation sites (N-methyl/N-ethyl adjacent to an activating group) is 1. The van der Waals surface area contributed by atoms with Gasteiger partial charge in [-0.2, -0.15) is 0 Å². The zero-order valence-corrected chi connectivity index (χ0v) is 14.5. The number of hydrogen-bond donors (Lipinski definition) is 1. The molecule has 1 N–H and O–H groups in total. The summed E-state index contributed by atoms with van der Waals surface area (Å²) in [6, 6.07) is 9.43. The van der Waals surface area contributed by atoms with Crippen LogP contribution >= 0.6 is 0 Å². The summed E-state index contributed by atoms with van der Waals surface area (Å²) in [5.74, 6) is -0.555. The van der Waals surface area contributed by atoms with Gasteiger partial charge in [-0.1, -0.05) is 30.3 Å². The molecule has 0 aliphatic rings. The Kier molecular flexibility index (Phi) is 7.03. The van der Waals surface area contributed by atoms with E-state index in [1.165, 1.54) is 12.2 Å². The minimum atomic E-state index is -0.547. The van der Waals surface area contributed by atoms with Gasteiger partial charge in [-0.25, -0.2) is 9.86 Å². The number of hydroxylamine groups is 2. The number of alkyl carbamates (subject to hydrolysis) is 1. The lowest BCUT2D eigenvalue weighted by Gasteiger charge is -2.23. The number of nitrogens with zero attached hydrogens (tertiary/aromatic N) is 1. The van der Waals surface area contributed by atoms with Crippen LogP contribution in [-0.4, -0.2) is 43.4 Å². The molecule has 0 aromatic heterocycles. The molecule has 0 aliphatic heterocycles. The van der Waals surface area contributed by atoms with E-state index in [2.05, 4.69) is 5.32 Å². The molecule has 0 heterocycles. The van der Waals surface area contributed by atoms with Crippen LogP contribution in [0.2, 0.25) is 0 Å².